The molecule has 0 atom stereocenters. The van der Waals surface area contributed by atoms with Crippen molar-refractivity contribution in [3.05, 3.63) is 71.8 Å². The van der Waals surface area contributed by atoms with Crippen molar-refractivity contribution in [3.8, 4) is 11.5 Å². The number of aromatic hydroxyl groups is 1. The fourth-order valence-corrected chi connectivity index (χ4v) is 2.64. The van der Waals surface area contributed by atoms with Gasteiger partial charge in [0.05, 0.1) is 6.10 Å². The van der Waals surface area contributed by atoms with Crippen LogP contribution in [-0.2, 0) is 6.42 Å². The molecule has 2 aromatic carbocycles. The van der Waals surface area contributed by atoms with Crippen LogP contribution in [0.1, 0.15) is 35.3 Å². The number of carbonyl (C=O) groups is 1. The maximum atomic E-state index is 12.6. The van der Waals surface area contributed by atoms with Gasteiger partial charge in [-0.15, -0.1) is 6.58 Å². The Bertz CT molecular complexity index is 851. The van der Waals surface area contributed by atoms with Crippen LogP contribution in [0, 0.1) is 0 Å². The molecule has 0 aliphatic heterocycles. The quantitative estimate of drug-likeness (QED) is 0.412. The molecule has 0 saturated carbocycles. The normalized spacial score (nSPS) is 11.0. The molecule has 0 amide bonds. The van der Waals surface area contributed by atoms with Crippen LogP contribution in [0.3, 0.4) is 0 Å². The molecule has 0 aromatic heterocycles. The second-order valence-corrected chi connectivity index (χ2v) is 6.82. The summed E-state index contributed by atoms with van der Waals surface area (Å²) >= 11 is 0. The number of carbonyl (C=O) groups excluding carboxylic acids is 1. The van der Waals surface area contributed by atoms with E-state index in [9.17, 15) is 9.90 Å². The van der Waals surface area contributed by atoms with E-state index in [1.807, 2.05) is 57.1 Å². The third-order valence-corrected chi connectivity index (χ3v) is 4.00. The van der Waals surface area contributed by atoms with E-state index in [4.69, 9.17) is 4.74 Å². The molecule has 0 aliphatic rings. The minimum atomic E-state index is -0.0902. The van der Waals surface area contributed by atoms with E-state index in [2.05, 4.69) is 6.58 Å². The highest BCUT2D eigenvalue weighted by molar-refractivity contribution is 6.07. The van der Waals surface area contributed by atoms with E-state index in [0.717, 1.165) is 16.8 Å². The SMILES string of the molecule is C=CCc1cc(/C=C/C(=O)c2cccc(N(C)C)c2)c(OC(C)C)cc1O. The van der Waals surface area contributed by atoms with Crippen LogP contribution in [0.25, 0.3) is 6.08 Å². The van der Waals surface area contributed by atoms with Gasteiger partial charge in [-0.25, -0.2) is 0 Å². The number of hydrogen-bond acceptors (Lipinski definition) is 4. The van der Waals surface area contributed by atoms with Gasteiger partial charge in [-0.1, -0.05) is 18.2 Å². The fourth-order valence-electron chi connectivity index (χ4n) is 2.64. The Labute approximate surface area is 161 Å². The highest BCUT2D eigenvalue weighted by Crippen LogP contribution is 2.31. The van der Waals surface area contributed by atoms with Crippen molar-refractivity contribution in [1.82, 2.24) is 0 Å². The van der Waals surface area contributed by atoms with Gasteiger partial charge in [-0.2, -0.15) is 0 Å². The summed E-state index contributed by atoms with van der Waals surface area (Å²) in [6, 6.07) is 10.9. The highest BCUT2D eigenvalue weighted by Gasteiger charge is 2.11. The number of anilines is 1. The Kier molecular flexibility index (Phi) is 6.83. The number of rotatable bonds is 8. The minimum absolute atomic E-state index is 0.0470. The third-order valence-electron chi connectivity index (χ3n) is 4.00. The number of phenols is 1. The van der Waals surface area contributed by atoms with Crippen molar-refractivity contribution in [2.45, 2.75) is 26.4 Å². The summed E-state index contributed by atoms with van der Waals surface area (Å²) in [5.41, 5.74) is 3.07. The molecule has 0 radical (unpaired) electrons. The van der Waals surface area contributed by atoms with E-state index in [0.29, 0.717) is 17.7 Å². The Morgan fingerprint density at radius 1 is 1.26 bits per heavy atom. The number of phenolic OH excluding ortho intramolecular Hbond substituents is 1. The molecule has 27 heavy (non-hydrogen) atoms. The second-order valence-electron chi connectivity index (χ2n) is 6.82. The van der Waals surface area contributed by atoms with Crippen molar-refractivity contribution in [2.75, 3.05) is 19.0 Å². The summed E-state index contributed by atoms with van der Waals surface area (Å²) in [6.07, 6.45) is 5.48. The number of ether oxygens (including phenoxy) is 1. The average molecular weight is 365 g/mol. The van der Waals surface area contributed by atoms with Gasteiger partial charge < -0.3 is 14.7 Å². The number of allylic oxidation sites excluding steroid dienone is 2. The van der Waals surface area contributed by atoms with E-state index in [1.165, 1.54) is 6.08 Å². The first-order valence-electron chi connectivity index (χ1n) is 8.95. The zero-order chi connectivity index (χ0) is 20.0. The van der Waals surface area contributed by atoms with Crippen molar-refractivity contribution < 1.29 is 14.6 Å². The van der Waals surface area contributed by atoms with Crippen molar-refractivity contribution >= 4 is 17.5 Å². The molecule has 0 bridgehead atoms. The Morgan fingerprint density at radius 2 is 2.00 bits per heavy atom. The predicted octanol–water partition coefficient (Wildman–Crippen LogP) is 4.87. The molecule has 2 aromatic rings. The van der Waals surface area contributed by atoms with Crippen LogP contribution < -0.4 is 9.64 Å². The standard InChI is InChI=1S/C23H27NO3/c1-6-8-17-13-19(23(15-22(17)26)27-16(2)3)11-12-21(25)18-9-7-10-20(14-18)24(4)5/h6-7,9-16,26H,1,8H2,2-5H3/b12-11+. The first-order chi connectivity index (χ1) is 12.8. The lowest BCUT2D eigenvalue weighted by atomic mass is 10.0. The molecule has 4 nitrogen and oxygen atoms in total. The summed E-state index contributed by atoms with van der Waals surface area (Å²) in [4.78, 5) is 14.5. The van der Waals surface area contributed by atoms with Gasteiger partial charge in [0.1, 0.15) is 11.5 Å². The largest absolute Gasteiger partial charge is 0.508 e. The third kappa shape index (κ3) is 5.48. The second kappa shape index (κ2) is 9.08. The fraction of sp³-hybridized carbons (Fsp3) is 0.261. The Balaban J connectivity index is 2.35. The van der Waals surface area contributed by atoms with E-state index >= 15 is 0 Å². The summed E-state index contributed by atoms with van der Waals surface area (Å²) in [6.45, 7) is 7.55. The lowest BCUT2D eigenvalue weighted by Gasteiger charge is -2.15. The average Bonchev–Trinajstić information content (AvgIpc) is 2.62. The summed E-state index contributed by atoms with van der Waals surface area (Å²) < 4.78 is 5.79. The molecule has 0 spiro atoms. The van der Waals surface area contributed by atoms with E-state index in [-0.39, 0.29) is 17.6 Å². The van der Waals surface area contributed by atoms with Gasteiger partial charge in [-0.3, -0.25) is 4.79 Å². The molecule has 0 aliphatic carbocycles. The van der Waals surface area contributed by atoms with Crippen molar-refractivity contribution in [1.29, 1.82) is 0 Å². The molecule has 1 N–H and O–H groups in total. The Hall–Kier alpha value is -3.01. The molecule has 4 heteroatoms. The zero-order valence-electron chi connectivity index (χ0n) is 16.4. The number of benzene rings is 2. The summed E-state index contributed by atoms with van der Waals surface area (Å²) in [7, 11) is 3.87. The van der Waals surface area contributed by atoms with Gasteiger partial charge in [0.15, 0.2) is 5.78 Å². The molecule has 2 rings (SSSR count). The van der Waals surface area contributed by atoms with E-state index in [1.54, 1.807) is 24.3 Å². The van der Waals surface area contributed by atoms with Crippen LogP contribution in [-0.4, -0.2) is 31.1 Å². The zero-order valence-corrected chi connectivity index (χ0v) is 16.4. The van der Waals surface area contributed by atoms with Gasteiger partial charge in [0.25, 0.3) is 0 Å². The molecule has 142 valence electrons. The first kappa shape index (κ1) is 20.3. The van der Waals surface area contributed by atoms with Crippen molar-refractivity contribution in [2.24, 2.45) is 0 Å². The highest BCUT2D eigenvalue weighted by atomic mass is 16.5. The van der Waals surface area contributed by atoms with Gasteiger partial charge in [0.2, 0.25) is 0 Å². The van der Waals surface area contributed by atoms with E-state index < -0.39 is 0 Å². The van der Waals surface area contributed by atoms with Crippen LogP contribution in [0.2, 0.25) is 0 Å². The van der Waals surface area contributed by atoms with Crippen LogP contribution in [0.5, 0.6) is 11.5 Å². The molecule has 0 saturated heterocycles. The first-order valence-corrected chi connectivity index (χ1v) is 8.95. The number of nitrogens with zero attached hydrogens (tertiary/aromatic N) is 1. The van der Waals surface area contributed by atoms with Crippen LogP contribution in [0.15, 0.2) is 55.1 Å². The maximum absolute atomic E-state index is 12.6. The van der Waals surface area contributed by atoms with Gasteiger partial charge >= 0.3 is 0 Å². The predicted molar refractivity (Wildman–Crippen MR) is 112 cm³/mol. The number of hydrogen-bond donors (Lipinski definition) is 1. The monoisotopic (exact) mass is 365 g/mol. The Morgan fingerprint density at radius 3 is 2.63 bits per heavy atom. The summed E-state index contributed by atoms with van der Waals surface area (Å²) in [5, 5.41) is 10.2. The molecular formula is C23H27NO3. The molecule has 0 unspecified atom stereocenters. The minimum Gasteiger partial charge on any atom is -0.508 e. The van der Waals surface area contributed by atoms with Crippen LogP contribution in [0.4, 0.5) is 5.69 Å². The smallest absolute Gasteiger partial charge is 0.185 e. The molecule has 0 fully saturated rings. The lowest BCUT2D eigenvalue weighted by molar-refractivity contribution is 0.104. The van der Waals surface area contributed by atoms with Crippen molar-refractivity contribution in [3.63, 3.8) is 0 Å². The van der Waals surface area contributed by atoms with Gasteiger partial charge in [0, 0.05) is 37.0 Å². The maximum Gasteiger partial charge on any atom is 0.185 e. The van der Waals surface area contributed by atoms with Crippen LogP contribution >= 0.6 is 0 Å². The topological polar surface area (TPSA) is 49.8 Å². The lowest BCUT2D eigenvalue weighted by Crippen LogP contribution is -2.09. The molecule has 0 heterocycles. The molecular weight excluding hydrogens is 338 g/mol. The summed E-state index contributed by atoms with van der Waals surface area (Å²) in [5.74, 6) is 0.613. The van der Waals surface area contributed by atoms with Gasteiger partial charge in [-0.05, 0) is 56.2 Å². The number of ketones is 1.